The van der Waals surface area contributed by atoms with Gasteiger partial charge in [0.15, 0.2) is 5.65 Å². The minimum absolute atomic E-state index is 0.171. The zero-order valence-corrected chi connectivity index (χ0v) is 11.8. The first-order valence-corrected chi connectivity index (χ1v) is 7.16. The Morgan fingerprint density at radius 2 is 2.30 bits per heavy atom. The fourth-order valence-electron chi connectivity index (χ4n) is 1.90. The van der Waals surface area contributed by atoms with Crippen molar-refractivity contribution < 1.29 is 0 Å². The maximum Gasteiger partial charge on any atom is 0.350 e. The van der Waals surface area contributed by atoms with E-state index in [-0.39, 0.29) is 5.69 Å². The van der Waals surface area contributed by atoms with E-state index in [1.54, 1.807) is 18.3 Å². The Balaban J connectivity index is 1.92. The lowest BCUT2D eigenvalue weighted by atomic mass is 10.4. The summed E-state index contributed by atoms with van der Waals surface area (Å²) in [6, 6.07) is 5.46. The number of hydrogen-bond acceptors (Lipinski definition) is 6. The molecule has 0 aliphatic heterocycles. The molecule has 0 aliphatic rings. The largest absolute Gasteiger partial charge is 0.374 e. The second-order valence-corrected chi connectivity index (χ2v) is 5.10. The van der Waals surface area contributed by atoms with Gasteiger partial charge in [-0.2, -0.15) is 0 Å². The van der Waals surface area contributed by atoms with Crippen molar-refractivity contribution in [3.05, 3.63) is 40.6 Å². The van der Waals surface area contributed by atoms with E-state index >= 15 is 0 Å². The lowest BCUT2D eigenvalue weighted by molar-refractivity contribution is 0.645. The molecule has 0 saturated carbocycles. The molecule has 0 amide bonds. The molecule has 0 unspecified atom stereocenters. The smallest absolute Gasteiger partial charge is 0.350 e. The Morgan fingerprint density at radius 1 is 1.40 bits per heavy atom. The van der Waals surface area contributed by atoms with E-state index < -0.39 is 0 Å². The summed E-state index contributed by atoms with van der Waals surface area (Å²) in [5.74, 6) is 0. The molecule has 0 aromatic carbocycles. The standard InChI is InChI=1S/C12H14N6OS/c1-2-6-13-11-9(14-16-20-11)8-18-12(19)17-7-4-3-5-10(17)15-18/h3-5,7,13H,2,6,8H2,1H3. The van der Waals surface area contributed by atoms with Crippen LogP contribution in [-0.2, 0) is 6.54 Å². The Hall–Kier alpha value is -2.22. The average molecular weight is 290 g/mol. The van der Waals surface area contributed by atoms with Crippen LogP contribution in [0.25, 0.3) is 5.65 Å². The molecule has 1 N–H and O–H groups in total. The van der Waals surface area contributed by atoms with Crippen molar-refractivity contribution in [3.8, 4) is 0 Å². The lowest BCUT2D eigenvalue weighted by Gasteiger charge is -2.02. The van der Waals surface area contributed by atoms with Crippen LogP contribution in [0.4, 0.5) is 5.00 Å². The summed E-state index contributed by atoms with van der Waals surface area (Å²) in [4.78, 5) is 12.2. The number of aromatic nitrogens is 5. The van der Waals surface area contributed by atoms with Crippen LogP contribution in [0.2, 0.25) is 0 Å². The fourth-order valence-corrected chi connectivity index (χ4v) is 2.50. The highest BCUT2D eigenvalue weighted by Crippen LogP contribution is 2.17. The van der Waals surface area contributed by atoms with Crippen molar-refractivity contribution in [2.45, 2.75) is 19.9 Å². The van der Waals surface area contributed by atoms with E-state index in [0.29, 0.717) is 12.2 Å². The molecule has 0 aliphatic carbocycles. The van der Waals surface area contributed by atoms with E-state index in [1.165, 1.54) is 20.6 Å². The molecule has 104 valence electrons. The molecule has 0 spiro atoms. The van der Waals surface area contributed by atoms with Crippen molar-refractivity contribution in [2.24, 2.45) is 0 Å². The first-order chi connectivity index (χ1) is 9.79. The van der Waals surface area contributed by atoms with Gasteiger partial charge in [-0.05, 0) is 18.6 Å². The number of nitrogens with one attached hydrogen (secondary N) is 1. The summed E-state index contributed by atoms with van der Waals surface area (Å²) in [6.07, 6.45) is 2.72. The van der Waals surface area contributed by atoms with Crippen LogP contribution in [-0.4, -0.2) is 30.3 Å². The number of nitrogens with zero attached hydrogens (tertiary/aromatic N) is 5. The highest BCUT2D eigenvalue weighted by atomic mass is 32.1. The minimum Gasteiger partial charge on any atom is -0.374 e. The van der Waals surface area contributed by atoms with Crippen molar-refractivity contribution >= 4 is 22.2 Å². The third-order valence-corrected chi connectivity index (χ3v) is 3.61. The predicted molar refractivity (Wildman–Crippen MR) is 77.2 cm³/mol. The zero-order valence-electron chi connectivity index (χ0n) is 11.0. The number of hydrogen-bond donors (Lipinski definition) is 1. The predicted octanol–water partition coefficient (Wildman–Crippen LogP) is 1.22. The van der Waals surface area contributed by atoms with E-state index in [4.69, 9.17) is 0 Å². The number of fused-ring (bicyclic) bond motifs is 1. The Morgan fingerprint density at radius 3 is 3.10 bits per heavy atom. The fraction of sp³-hybridized carbons (Fsp3) is 0.333. The van der Waals surface area contributed by atoms with Gasteiger partial charge in [-0.15, -0.1) is 10.2 Å². The van der Waals surface area contributed by atoms with Gasteiger partial charge in [-0.1, -0.05) is 17.5 Å². The molecule has 20 heavy (non-hydrogen) atoms. The van der Waals surface area contributed by atoms with Gasteiger partial charge in [-0.25, -0.2) is 9.48 Å². The van der Waals surface area contributed by atoms with Crippen LogP contribution in [0, 0.1) is 0 Å². The number of pyridine rings is 1. The molecule has 0 atom stereocenters. The maximum absolute atomic E-state index is 12.2. The van der Waals surface area contributed by atoms with Gasteiger partial charge in [0.1, 0.15) is 10.7 Å². The van der Waals surface area contributed by atoms with Gasteiger partial charge >= 0.3 is 5.69 Å². The summed E-state index contributed by atoms with van der Waals surface area (Å²) in [5.41, 5.74) is 1.20. The molecule has 3 aromatic heterocycles. The normalized spacial score (nSPS) is 11.1. The molecule has 0 saturated heterocycles. The molecule has 3 heterocycles. The summed E-state index contributed by atoms with van der Waals surface area (Å²) in [7, 11) is 0. The quantitative estimate of drug-likeness (QED) is 0.764. The Kier molecular flexibility index (Phi) is 3.46. The summed E-state index contributed by atoms with van der Waals surface area (Å²) in [6.45, 7) is 3.27. The first-order valence-electron chi connectivity index (χ1n) is 6.39. The van der Waals surface area contributed by atoms with Gasteiger partial charge in [0, 0.05) is 24.3 Å². The van der Waals surface area contributed by atoms with E-state index in [2.05, 4.69) is 26.9 Å². The molecule has 0 fully saturated rings. The third kappa shape index (κ3) is 2.29. The Bertz CT molecular complexity index is 773. The topological polar surface area (TPSA) is 77.1 Å². The average Bonchev–Trinajstić information content (AvgIpc) is 3.03. The first kappa shape index (κ1) is 12.8. The van der Waals surface area contributed by atoms with Gasteiger partial charge in [-0.3, -0.25) is 4.40 Å². The highest BCUT2D eigenvalue weighted by molar-refractivity contribution is 7.10. The van der Waals surface area contributed by atoms with Crippen LogP contribution < -0.4 is 11.0 Å². The van der Waals surface area contributed by atoms with Crippen molar-refractivity contribution in [2.75, 3.05) is 11.9 Å². The molecule has 0 bridgehead atoms. The van der Waals surface area contributed by atoms with Crippen LogP contribution in [0.15, 0.2) is 29.2 Å². The summed E-state index contributed by atoms with van der Waals surface area (Å²) in [5, 5.41) is 12.5. The van der Waals surface area contributed by atoms with Crippen molar-refractivity contribution in [3.63, 3.8) is 0 Å². The molecule has 3 aromatic rings. The van der Waals surface area contributed by atoms with Crippen LogP contribution >= 0.6 is 11.5 Å². The SMILES string of the molecule is CCCNc1snnc1Cn1nc2ccccn2c1=O. The van der Waals surface area contributed by atoms with Crippen molar-refractivity contribution in [1.29, 1.82) is 0 Å². The highest BCUT2D eigenvalue weighted by Gasteiger charge is 2.12. The van der Waals surface area contributed by atoms with E-state index in [0.717, 1.165) is 23.7 Å². The molecule has 3 rings (SSSR count). The van der Waals surface area contributed by atoms with Gasteiger partial charge in [0.25, 0.3) is 0 Å². The van der Waals surface area contributed by atoms with Crippen molar-refractivity contribution in [1.82, 2.24) is 23.8 Å². The second-order valence-electron chi connectivity index (χ2n) is 4.34. The third-order valence-electron chi connectivity index (χ3n) is 2.88. The number of rotatable bonds is 5. The number of anilines is 1. The summed E-state index contributed by atoms with van der Waals surface area (Å²) < 4.78 is 6.85. The zero-order chi connectivity index (χ0) is 13.9. The van der Waals surface area contributed by atoms with Gasteiger partial charge in [0.2, 0.25) is 0 Å². The van der Waals surface area contributed by atoms with E-state index in [9.17, 15) is 4.79 Å². The Labute approximate surface area is 119 Å². The minimum atomic E-state index is -0.171. The molecule has 8 heteroatoms. The molecular weight excluding hydrogens is 276 g/mol. The van der Waals surface area contributed by atoms with Crippen LogP contribution in [0.3, 0.4) is 0 Å². The summed E-state index contributed by atoms with van der Waals surface area (Å²) >= 11 is 1.30. The van der Waals surface area contributed by atoms with Gasteiger partial charge in [0.05, 0.1) is 6.54 Å². The lowest BCUT2D eigenvalue weighted by Crippen LogP contribution is -2.22. The second kappa shape index (κ2) is 5.41. The van der Waals surface area contributed by atoms with Gasteiger partial charge < -0.3 is 5.32 Å². The molecule has 0 radical (unpaired) electrons. The van der Waals surface area contributed by atoms with Crippen LogP contribution in [0.5, 0.6) is 0 Å². The van der Waals surface area contributed by atoms with Crippen LogP contribution in [0.1, 0.15) is 19.0 Å². The van der Waals surface area contributed by atoms with E-state index in [1.807, 2.05) is 6.07 Å². The molecule has 7 nitrogen and oxygen atoms in total. The maximum atomic E-state index is 12.2. The monoisotopic (exact) mass is 290 g/mol. The molecular formula is C12H14N6OS.